The van der Waals surface area contributed by atoms with Gasteiger partial charge in [0.2, 0.25) is 0 Å². The Labute approximate surface area is 162 Å². The molecule has 1 aromatic heterocycles. The van der Waals surface area contributed by atoms with Gasteiger partial charge < -0.3 is 4.74 Å². The molecule has 26 heavy (non-hydrogen) atoms. The zero-order valence-corrected chi connectivity index (χ0v) is 17.1. The average molecular weight is 399 g/mol. The number of unbranched alkanes of at least 4 members (excludes halogenated alkanes) is 1. The van der Waals surface area contributed by atoms with Crippen LogP contribution in [0.5, 0.6) is 5.75 Å². The molecule has 142 valence electrons. The zero-order chi connectivity index (χ0) is 19.3. The third-order valence-electron chi connectivity index (χ3n) is 3.83. The highest BCUT2D eigenvalue weighted by atomic mass is 35.5. The van der Waals surface area contributed by atoms with E-state index in [0.29, 0.717) is 40.3 Å². The summed E-state index contributed by atoms with van der Waals surface area (Å²) in [6.07, 6.45) is 3.90. The van der Waals surface area contributed by atoms with Crippen molar-refractivity contribution in [2.75, 3.05) is 13.8 Å². The lowest BCUT2D eigenvalue weighted by molar-refractivity contribution is 0.0996. The number of hydrogen-bond donors (Lipinski definition) is 0. The number of carbonyl (C=O) groups excluding carboxylic acids is 1. The summed E-state index contributed by atoms with van der Waals surface area (Å²) in [6, 6.07) is 5.00. The summed E-state index contributed by atoms with van der Waals surface area (Å²) in [7, 11) is 1.47. The van der Waals surface area contributed by atoms with Crippen LogP contribution >= 0.6 is 23.1 Å². The number of ether oxygens (including phenoxy) is 1. The lowest BCUT2D eigenvalue weighted by Gasteiger charge is -2.19. The SMILES string of the molecule is COc1c(Cl)cccc1C(=O)N=c1sn(C(C)(C)C)cc1CCCCF. The number of rotatable bonds is 6. The third kappa shape index (κ3) is 4.95. The molecule has 0 atom stereocenters. The second kappa shape index (κ2) is 8.82. The van der Waals surface area contributed by atoms with Crippen molar-refractivity contribution in [2.24, 2.45) is 4.99 Å². The molecule has 0 fully saturated rings. The van der Waals surface area contributed by atoms with E-state index in [1.54, 1.807) is 18.2 Å². The number of nitrogens with zero attached hydrogens (tertiary/aromatic N) is 2. The van der Waals surface area contributed by atoms with Crippen molar-refractivity contribution in [3.05, 3.63) is 45.2 Å². The van der Waals surface area contributed by atoms with E-state index in [1.807, 2.05) is 6.20 Å². The van der Waals surface area contributed by atoms with Crippen LogP contribution in [0.1, 0.15) is 49.5 Å². The predicted molar refractivity (Wildman–Crippen MR) is 104 cm³/mol. The van der Waals surface area contributed by atoms with E-state index in [1.165, 1.54) is 18.6 Å². The van der Waals surface area contributed by atoms with Gasteiger partial charge in [-0.2, -0.15) is 4.99 Å². The number of para-hydroxylation sites is 1. The van der Waals surface area contributed by atoms with Crippen LogP contribution in [0, 0.1) is 0 Å². The molecule has 0 saturated carbocycles. The van der Waals surface area contributed by atoms with Gasteiger partial charge in [-0.25, -0.2) is 0 Å². The van der Waals surface area contributed by atoms with Gasteiger partial charge in [0.05, 0.1) is 24.4 Å². The first-order valence-corrected chi connectivity index (χ1v) is 9.63. The summed E-state index contributed by atoms with van der Waals surface area (Å²) in [5, 5.41) is 0.368. The molecular weight excluding hydrogens is 375 g/mol. The van der Waals surface area contributed by atoms with Crippen LogP contribution in [-0.4, -0.2) is 23.6 Å². The first-order valence-electron chi connectivity index (χ1n) is 8.47. The molecular formula is C19H24ClFN2O2S. The maximum absolute atomic E-state index is 12.7. The molecule has 2 rings (SSSR count). The highest BCUT2D eigenvalue weighted by molar-refractivity contribution is 7.04. The predicted octanol–water partition coefficient (Wildman–Crippen LogP) is 5.00. The molecule has 1 heterocycles. The van der Waals surface area contributed by atoms with Crippen molar-refractivity contribution >= 4 is 29.0 Å². The summed E-state index contributed by atoms with van der Waals surface area (Å²) in [4.78, 5) is 17.0. The molecule has 0 aliphatic carbocycles. The van der Waals surface area contributed by atoms with Gasteiger partial charge in [-0.05, 0) is 63.7 Å². The first-order chi connectivity index (χ1) is 12.3. The van der Waals surface area contributed by atoms with Crippen molar-refractivity contribution in [2.45, 2.75) is 45.6 Å². The molecule has 0 aliphatic heterocycles. The number of hydrogen-bond acceptors (Lipinski definition) is 3. The average Bonchev–Trinajstić information content (AvgIpc) is 2.98. The molecule has 1 aromatic carbocycles. The molecule has 0 radical (unpaired) electrons. The van der Waals surface area contributed by atoms with Gasteiger partial charge in [-0.3, -0.25) is 13.1 Å². The molecule has 0 N–H and O–H groups in total. The largest absolute Gasteiger partial charge is 0.494 e. The standard InChI is InChI=1S/C19H24ClFN2O2S/c1-19(2,3)23-12-13(8-5-6-11-21)18(26-23)22-17(24)14-9-7-10-15(20)16(14)25-4/h7,9-10,12H,5-6,8,11H2,1-4H3. The smallest absolute Gasteiger partial charge is 0.282 e. The molecule has 0 bridgehead atoms. The number of aryl methyl sites for hydroxylation is 1. The Morgan fingerprint density at radius 2 is 2.08 bits per heavy atom. The van der Waals surface area contributed by atoms with Crippen LogP contribution in [-0.2, 0) is 12.0 Å². The van der Waals surface area contributed by atoms with E-state index in [2.05, 4.69) is 29.7 Å². The molecule has 0 saturated heterocycles. The number of amides is 1. The van der Waals surface area contributed by atoms with E-state index in [-0.39, 0.29) is 12.2 Å². The van der Waals surface area contributed by atoms with Gasteiger partial charge in [0.15, 0.2) is 0 Å². The minimum atomic E-state index is -0.404. The highest BCUT2D eigenvalue weighted by Gasteiger charge is 2.18. The molecule has 7 heteroatoms. The summed E-state index contributed by atoms with van der Waals surface area (Å²) >= 11 is 7.53. The van der Waals surface area contributed by atoms with Crippen LogP contribution in [0.2, 0.25) is 5.02 Å². The summed E-state index contributed by atoms with van der Waals surface area (Å²) in [6.45, 7) is 5.91. The minimum Gasteiger partial charge on any atom is -0.494 e. The second-order valence-corrected chi connectivity index (χ2v) is 8.30. The molecule has 2 aromatic rings. The Morgan fingerprint density at radius 1 is 1.35 bits per heavy atom. The van der Waals surface area contributed by atoms with Crippen LogP contribution in [0.15, 0.2) is 29.4 Å². The highest BCUT2D eigenvalue weighted by Crippen LogP contribution is 2.28. The zero-order valence-electron chi connectivity index (χ0n) is 15.5. The van der Waals surface area contributed by atoms with E-state index in [9.17, 15) is 9.18 Å². The van der Waals surface area contributed by atoms with E-state index < -0.39 is 5.91 Å². The van der Waals surface area contributed by atoms with Gasteiger partial charge in [-0.1, -0.05) is 17.7 Å². The van der Waals surface area contributed by atoms with Crippen molar-refractivity contribution in [3.8, 4) is 5.75 Å². The Balaban J connectivity index is 2.46. The number of benzene rings is 1. The van der Waals surface area contributed by atoms with Crippen LogP contribution in [0.25, 0.3) is 0 Å². The molecule has 0 aliphatic rings. The topological polar surface area (TPSA) is 43.6 Å². The maximum Gasteiger partial charge on any atom is 0.282 e. The Kier molecular flexibility index (Phi) is 7.01. The van der Waals surface area contributed by atoms with Gasteiger partial charge in [0.25, 0.3) is 5.91 Å². The number of aromatic nitrogens is 1. The molecule has 0 unspecified atom stereocenters. The Bertz CT molecular complexity index is 837. The second-order valence-electron chi connectivity index (χ2n) is 6.93. The number of alkyl halides is 1. The molecule has 4 nitrogen and oxygen atoms in total. The lowest BCUT2D eigenvalue weighted by atomic mass is 10.1. The van der Waals surface area contributed by atoms with E-state index >= 15 is 0 Å². The summed E-state index contributed by atoms with van der Waals surface area (Å²) in [5.74, 6) is -0.0823. The Hall–Kier alpha value is -1.66. The van der Waals surface area contributed by atoms with Gasteiger partial charge in [0, 0.05) is 17.3 Å². The van der Waals surface area contributed by atoms with Crippen LogP contribution in [0.4, 0.5) is 4.39 Å². The lowest BCUT2D eigenvalue weighted by Crippen LogP contribution is -2.18. The maximum atomic E-state index is 12.7. The monoisotopic (exact) mass is 398 g/mol. The fourth-order valence-electron chi connectivity index (χ4n) is 2.42. The number of halogens is 2. The van der Waals surface area contributed by atoms with Crippen molar-refractivity contribution in [1.82, 2.24) is 3.96 Å². The number of methoxy groups -OCH3 is 1. The van der Waals surface area contributed by atoms with Gasteiger partial charge in [-0.15, -0.1) is 0 Å². The van der Waals surface area contributed by atoms with E-state index in [0.717, 1.165) is 5.56 Å². The first kappa shape index (κ1) is 20.6. The van der Waals surface area contributed by atoms with E-state index in [4.69, 9.17) is 16.3 Å². The molecule has 1 amide bonds. The van der Waals surface area contributed by atoms with Gasteiger partial charge >= 0.3 is 0 Å². The quantitative estimate of drug-likeness (QED) is 0.642. The summed E-state index contributed by atoms with van der Waals surface area (Å²) in [5.41, 5.74) is 1.16. The summed E-state index contributed by atoms with van der Waals surface area (Å²) < 4.78 is 20.4. The number of carbonyl (C=O) groups is 1. The Morgan fingerprint density at radius 3 is 2.69 bits per heavy atom. The fraction of sp³-hybridized carbons (Fsp3) is 0.474. The van der Waals surface area contributed by atoms with Crippen molar-refractivity contribution in [3.63, 3.8) is 0 Å². The minimum absolute atomic E-state index is 0.121. The van der Waals surface area contributed by atoms with Crippen LogP contribution in [0.3, 0.4) is 0 Å². The van der Waals surface area contributed by atoms with Gasteiger partial charge in [0.1, 0.15) is 10.4 Å². The van der Waals surface area contributed by atoms with Crippen molar-refractivity contribution in [1.29, 1.82) is 0 Å². The van der Waals surface area contributed by atoms with Crippen LogP contribution < -0.4 is 9.41 Å². The molecule has 0 spiro atoms. The normalized spacial score (nSPS) is 12.5. The fourth-order valence-corrected chi connectivity index (χ4v) is 3.70. The van der Waals surface area contributed by atoms with Crippen molar-refractivity contribution < 1.29 is 13.9 Å². The third-order valence-corrected chi connectivity index (χ3v) is 5.50.